The van der Waals surface area contributed by atoms with Gasteiger partial charge in [-0.2, -0.15) is 9.49 Å². The number of aliphatic hydroxyl groups is 1. The Morgan fingerprint density at radius 2 is 1.83 bits per heavy atom. The van der Waals surface area contributed by atoms with E-state index in [4.69, 9.17) is 0 Å². The predicted octanol–water partition coefficient (Wildman–Crippen LogP) is 3.91. The van der Waals surface area contributed by atoms with Crippen molar-refractivity contribution < 1.29 is 14.3 Å². The Hall–Kier alpha value is -3.43. The minimum Gasteiger partial charge on any atom is -0.378 e. The van der Waals surface area contributed by atoms with Gasteiger partial charge in [0, 0.05) is 23.9 Å². The normalized spacial score (nSPS) is 11.0. The molecule has 3 aromatic rings. The zero-order valence-corrected chi connectivity index (χ0v) is 16.7. The number of nitrogens with one attached hydrogen (secondary N) is 1. The predicted molar refractivity (Wildman–Crippen MR) is 111 cm³/mol. The highest BCUT2D eigenvalue weighted by molar-refractivity contribution is 6.07. The van der Waals surface area contributed by atoms with Gasteiger partial charge < -0.3 is 10.4 Å². The zero-order valence-electron chi connectivity index (χ0n) is 16.7. The molecule has 0 saturated carbocycles. The lowest BCUT2D eigenvalue weighted by Gasteiger charge is -2.11. The van der Waals surface area contributed by atoms with Crippen molar-refractivity contribution in [1.29, 1.82) is 0 Å². The van der Waals surface area contributed by atoms with Gasteiger partial charge in [0.05, 0.1) is 5.69 Å². The fourth-order valence-corrected chi connectivity index (χ4v) is 2.87. The van der Waals surface area contributed by atoms with Crippen molar-refractivity contribution in [2.45, 2.75) is 26.4 Å². The number of aromatic nitrogens is 2. The number of amides is 1. The Labute approximate surface area is 169 Å². The standard InChI is InChI=1S/C23H22FN3O2/c1-15-20(21(24)27(4)26-15)22(28)25-19-8-6-5-7-18(19)17-11-9-16(10-12-17)13-14-23(2,3)29/h5-12,29H,1-4H3,(H,25,28). The summed E-state index contributed by atoms with van der Waals surface area (Å²) in [5, 5.41) is 16.5. The summed E-state index contributed by atoms with van der Waals surface area (Å²) in [5.74, 6) is 4.47. The molecule has 0 fully saturated rings. The van der Waals surface area contributed by atoms with Crippen molar-refractivity contribution in [2.24, 2.45) is 7.05 Å². The maximum atomic E-state index is 14.2. The van der Waals surface area contributed by atoms with Gasteiger partial charge >= 0.3 is 0 Å². The number of carbonyl (C=O) groups excluding carboxylic acids is 1. The molecular weight excluding hydrogens is 369 g/mol. The van der Waals surface area contributed by atoms with Gasteiger partial charge in [0.25, 0.3) is 5.91 Å². The first-order valence-electron chi connectivity index (χ1n) is 9.11. The molecule has 2 aromatic carbocycles. The second-order valence-corrected chi connectivity index (χ2v) is 7.26. The van der Waals surface area contributed by atoms with Gasteiger partial charge in [0.2, 0.25) is 5.95 Å². The van der Waals surface area contributed by atoms with Gasteiger partial charge in [0.15, 0.2) is 0 Å². The molecule has 3 rings (SSSR count). The minimum atomic E-state index is -1.06. The average molecular weight is 391 g/mol. The second kappa shape index (κ2) is 7.90. The van der Waals surface area contributed by atoms with E-state index in [-0.39, 0.29) is 5.56 Å². The van der Waals surface area contributed by atoms with E-state index in [9.17, 15) is 14.3 Å². The summed E-state index contributed by atoms with van der Waals surface area (Å²) in [6, 6.07) is 14.8. The molecule has 0 saturated heterocycles. The highest BCUT2D eigenvalue weighted by Crippen LogP contribution is 2.29. The number of carbonyl (C=O) groups is 1. The first kappa shape index (κ1) is 20.3. The average Bonchev–Trinajstić information content (AvgIpc) is 2.92. The Morgan fingerprint density at radius 3 is 2.41 bits per heavy atom. The molecule has 0 spiro atoms. The van der Waals surface area contributed by atoms with E-state index >= 15 is 0 Å². The van der Waals surface area contributed by atoms with Crippen LogP contribution in [-0.4, -0.2) is 26.4 Å². The van der Waals surface area contributed by atoms with Crippen LogP contribution < -0.4 is 5.32 Å². The van der Waals surface area contributed by atoms with Crippen LogP contribution in [0.2, 0.25) is 0 Å². The van der Waals surface area contributed by atoms with Gasteiger partial charge in [-0.25, -0.2) is 4.68 Å². The largest absolute Gasteiger partial charge is 0.378 e. The lowest BCUT2D eigenvalue weighted by Crippen LogP contribution is -2.15. The highest BCUT2D eigenvalue weighted by Gasteiger charge is 2.21. The smallest absolute Gasteiger partial charge is 0.262 e. The van der Waals surface area contributed by atoms with Gasteiger partial charge in [-0.05, 0) is 44.5 Å². The second-order valence-electron chi connectivity index (χ2n) is 7.26. The summed E-state index contributed by atoms with van der Waals surface area (Å²) in [6.45, 7) is 4.84. The molecule has 0 aliphatic carbocycles. The number of benzene rings is 2. The van der Waals surface area contributed by atoms with Gasteiger partial charge in [-0.15, -0.1) is 0 Å². The van der Waals surface area contributed by atoms with Crippen molar-refractivity contribution in [3.63, 3.8) is 0 Å². The summed E-state index contributed by atoms with van der Waals surface area (Å²) in [6.07, 6.45) is 0. The van der Waals surface area contributed by atoms with Gasteiger partial charge in [-0.3, -0.25) is 4.79 Å². The molecule has 2 N–H and O–H groups in total. The fraction of sp³-hybridized carbons (Fsp3) is 0.217. The molecule has 0 radical (unpaired) electrons. The quantitative estimate of drug-likeness (QED) is 0.666. The van der Waals surface area contributed by atoms with Crippen LogP contribution in [0.1, 0.15) is 35.5 Å². The van der Waals surface area contributed by atoms with E-state index in [1.165, 1.54) is 7.05 Å². The molecule has 1 aromatic heterocycles. The number of para-hydroxylation sites is 1. The van der Waals surface area contributed by atoms with Crippen molar-refractivity contribution >= 4 is 11.6 Å². The molecule has 5 nitrogen and oxygen atoms in total. The Morgan fingerprint density at radius 1 is 1.17 bits per heavy atom. The fourth-order valence-electron chi connectivity index (χ4n) is 2.87. The molecule has 0 aliphatic rings. The zero-order chi connectivity index (χ0) is 21.2. The molecule has 0 bridgehead atoms. The summed E-state index contributed by atoms with van der Waals surface area (Å²) in [7, 11) is 1.45. The molecule has 148 valence electrons. The van der Waals surface area contributed by atoms with Crippen LogP contribution >= 0.6 is 0 Å². The SMILES string of the molecule is Cc1nn(C)c(F)c1C(=O)Nc1ccccc1-c1ccc(C#CC(C)(C)O)cc1. The first-order chi connectivity index (χ1) is 13.7. The lowest BCUT2D eigenvalue weighted by atomic mass is 10.0. The first-order valence-corrected chi connectivity index (χ1v) is 9.11. The molecule has 6 heteroatoms. The summed E-state index contributed by atoms with van der Waals surface area (Å²) >= 11 is 0. The number of halogens is 1. The van der Waals surface area contributed by atoms with Gasteiger partial charge in [0.1, 0.15) is 11.2 Å². The molecule has 1 heterocycles. The number of nitrogens with zero attached hydrogens (tertiary/aromatic N) is 2. The van der Waals surface area contributed by atoms with Crippen LogP contribution in [0.4, 0.5) is 10.1 Å². The molecule has 0 atom stereocenters. The van der Waals surface area contributed by atoms with Crippen molar-refractivity contribution in [1.82, 2.24) is 9.78 Å². The monoisotopic (exact) mass is 391 g/mol. The third-order valence-corrected chi connectivity index (χ3v) is 4.26. The van der Waals surface area contributed by atoms with Gasteiger partial charge in [-0.1, -0.05) is 42.2 Å². The highest BCUT2D eigenvalue weighted by atomic mass is 19.1. The maximum absolute atomic E-state index is 14.2. The van der Waals surface area contributed by atoms with Crippen LogP contribution in [0.5, 0.6) is 0 Å². The van der Waals surface area contributed by atoms with E-state index in [2.05, 4.69) is 22.3 Å². The van der Waals surface area contributed by atoms with E-state index in [0.29, 0.717) is 11.4 Å². The number of aryl methyl sites for hydroxylation is 2. The lowest BCUT2D eigenvalue weighted by molar-refractivity contribution is 0.102. The van der Waals surface area contributed by atoms with Crippen LogP contribution in [0.25, 0.3) is 11.1 Å². The topological polar surface area (TPSA) is 67.2 Å². The number of hydrogen-bond donors (Lipinski definition) is 2. The van der Waals surface area contributed by atoms with Crippen LogP contribution in [0.3, 0.4) is 0 Å². The van der Waals surface area contributed by atoms with E-state index in [1.807, 2.05) is 36.4 Å². The summed E-state index contributed by atoms with van der Waals surface area (Å²) in [4.78, 5) is 12.6. The summed E-state index contributed by atoms with van der Waals surface area (Å²) in [5.41, 5.74) is 2.20. The third-order valence-electron chi connectivity index (χ3n) is 4.26. The molecule has 29 heavy (non-hydrogen) atoms. The minimum absolute atomic E-state index is 0.0699. The molecule has 0 unspecified atom stereocenters. The summed E-state index contributed by atoms with van der Waals surface area (Å²) < 4.78 is 15.3. The number of rotatable bonds is 3. The van der Waals surface area contributed by atoms with Crippen molar-refractivity contribution in [3.8, 4) is 23.0 Å². The van der Waals surface area contributed by atoms with Crippen LogP contribution in [0.15, 0.2) is 48.5 Å². The van der Waals surface area contributed by atoms with E-state index in [1.54, 1.807) is 32.9 Å². The van der Waals surface area contributed by atoms with E-state index < -0.39 is 17.5 Å². The maximum Gasteiger partial charge on any atom is 0.262 e. The Bertz CT molecular complexity index is 1110. The molecule has 0 aliphatic heterocycles. The Balaban J connectivity index is 1.89. The van der Waals surface area contributed by atoms with Crippen LogP contribution in [-0.2, 0) is 7.05 Å². The van der Waals surface area contributed by atoms with Crippen molar-refractivity contribution in [2.75, 3.05) is 5.32 Å². The Kier molecular flexibility index (Phi) is 5.53. The number of anilines is 1. The molecular formula is C23H22FN3O2. The van der Waals surface area contributed by atoms with Crippen LogP contribution in [0, 0.1) is 24.7 Å². The van der Waals surface area contributed by atoms with Crippen molar-refractivity contribution in [3.05, 3.63) is 71.3 Å². The molecule has 1 amide bonds. The number of hydrogen-bond acceptors (Lipinski definition) is 3. The van der Waals surface area contributed by atoms with E-state index in [0.717, 1.165) is 21.4 Å². The third kappa shape index (κ3) is 4.71.